The van der Waals surface area contributed by atoms with Gasteiger partial charge in [-0.25, -0.2) is 0 Å². The second kappa shape index (κ2) is 11.0. The number of hydrogen-bond donors (Lipinski definition) is 2. The second-order valence-corrected chi connectivity index (χ2v) is 10.8. The van der Waals surface area contributed by atoms with E-state index < -0.39 is 0 Å². The monoisotopic (exact) mass is 518 g/mol. The quantitative estimate of drug-likeness (QED) is 0.367. The molecule has 1 amide bonds. The maximum Gasteiger partial charge on any atom is 0.251 e. The lowest BCUT2D eigenvalue weighted by Gasteiger charge is -2.32. The molecule has 3 heterocycles. The molecular weight excluding hydrogens is 484 g/mol. The average Bonchev–Trinajstić information content (AvgIpc) is 3.26. The van der Waals surface area contributed by atoms with Gasteiger partial charge in [-0.3, -0.25) is 9.59 Å². The summed E-state index contributed by atoms with van der Waals surface area (Å²) in [6, 6.07) is 16.1. The Kier molecular flexibility index (Phi) is 7.60. The molecule has 37 heavy (non-hydrogen) atoms. The Labute approximate surface area is 221 Å². The molecule has 2 aromatic heterocycles. The molecule has 0 unspecified atom stereocenters. The minimum absolute atomic E-state index is 0.172. The van der Waals surface area contributed by atoms with E-state index in [0.29, 0.717) is 23.9 Å². The van der Waals surface area contributed by atoms with Crippen LogP contribution in [0.1, 0.15) is 33.6 Å². The molecular formula is C29H34N4O3S. The molecule has 0 aliphatic carbocycles. The number of pyridine rings is 1. The Bertz CT molecular complexity index is 1480. The smallest absolute Gasteiger partial charge is 0.251 e. The van der Waals surface area contributed by atoms with E-state index in [4.69, 9.17) is 4.74 Å². The maximum atomic E-state index is 13.0. The van der Waals surface area contributed by atoms with Crippen LogP contribution in [0.15, 0.2) is 53.3 Å². The Balaban J connectivity index is 1.22. The van der Waals surface area contributed by atoms with Gasteiger partial charge in [0.2, 0.25) is 0 Å². The molecule has 0 atom stereocenters. The Morgan fingerprint density at radius 2 is 1.86 bits per heavy atom. The number of aryl methyl sites for hydroxylation is 1. The molecule has 0 radical (unpaired) electrons. The van der Waals surface area contributed by atoms with Gasteiger partial charge in [-0.2, -0.15) is 0 Å². The molecule has 7 nitrogen and oxygen atoms in total. The van der Waals surface area contributed by atoms with Crippen molar-refractivity contribution in [3.63, 3.8) is 0 Å². The number of fused-ring (bicyclic) bond motifs is 2. The minimum Gasteiger partial charge on any atom is -0.497 e. The lowest BCUT2D eigenvalue weighted by atomic mass is 10.0. The summed E-state index contributed by atoms with van der Waals surface area (Å²) in [5, 5.41) is 8.53. The zero-order chi connectivity index (χ0) is 25.9. The normalized spacial score (nSPS) is 14.9. The standard InChI is InChI=1S/C29H34N4O3S/c1-19-22-6-4-5-7-26(22)37-27(19)18-31-20-10-12-32(13-11-20)14-15-33-25-16-21(36-3)8-9-23(25)24(17-28(33)34)29(35)30-2/h4-9,16-17,20,31H,10-15,18H2,1-3H3,(H,30,35). The van der Waals surface area contributed by atoms with Crippen LogP contribution in [0.4, 0.5) is 0 Å². The molecule has 5 rings (SSSR count). The fourth-order valence-electron chi connectivity index (χ4n) is 5.27. The van der Waals surface area contributed by atoms with Gasteiger partial charge < -0.3 is 24.8 Å². The van der Waals surface area contributed by atoms with E-state index in [0.717, 1.165) is 49.9 Å². The van der Waals surface area contributed by atoms with Gasteiger partial charge in [-0.1, -0.05) is 18.2 Å². The van der Waals surface area contributed by atoms with Crippen LogP contribution in [-0.2, 0) is 13.1 Å². The molecule has 0 spiro atoms. The Morgan fingerprint density at radius 3 is 2.59 bits per heavy atom. The third-order valence-electron chi connectivity index (χ3n) is 7.51. The van der Waals surface area contributed by atoms with Crippen molar-refractivity contribution in [3.8, 4) is 5.75 Å². The van der Waals surface area contributed by atoms with Gasteiger partial charge in [0.25, 0.3) is 11.5 Å². The summed E-state index contributed by atoms with van der Waals surface area (Å²) in [6.07, 6.45) is 2.17. The highest BCUT2D eigenvalue weighted by Gasteiger charge is 2.21. The largest absolute Gasteiger partial charge is 0.497 e. The molecule has 4 aromatic rings. The van der Waals surface area contributed by atoms with E-state index >= 15 is 0 Å². The van der Waals surface area contributed by atoms with Crippen LogP contribution in [0, 0.1) is 6.92 Å². The van der Waals surface area contributed by atoms with Crippen molar-refractivity contribution in [2.75, 3.05) is 33.8 Å². The number of carbonyl (C=O) groups is 1. The van der Waals surface area contributed by atoms with Gasteiger partial charge in [-0.15, -0.1) is 11.3 Å². The zero-order valence-electron chi connectivity index (χ0n) is 21.7. The van der Waals surface area contributed by atoms with Crippen LogP contribution >= 0.6 is 11.3 Å². The summed E-state index contributed by atoms with van der Waals surface area (Å²) in [6.45, 7) is 6.48. The van der Waals surface area contributed by atoms with Crippen molar-refractivity contribution in [2.24, 2.45) is 0 Å². The van der Waals surface area contributed by atoms with Crippen molar-refractivity contribution < 1.29 is 9.53 Å². The lowest BCUT2D eigenvalue weighted by molar-refractivity contribution is 0.0964. The highest BCUT2D eigenvalue weighted by Crippen LogP contribution is 2.30. The van der Waals surface area contributed by atoms with Crippen molar-refractivity contribution in [2.45, 2.75) is 38.9 Å². The second-order valence-electron chi connectivity index (χ2n) is 9.65. The number of hydrogen-bond acceptors (Lipinski definition) is 6. The van der Waals surface area contributed by atoms with Gasteiger partial charge in [-0.05, 0) is 62.0 Å². The fourth-order valence-corrected chi connectivity index (χ4v) is 6.43. The highest BCUT2D eigenvalue weighted by molar-refractivity contribution is 7.19. The SMILES string of the molecule is CNC(=O)c1cc(=O)n(CCN2CCC(NCc3sc4ccccc4c3C)CC2)c2cc(OC)ccc12. The van der Waals surface area contributed by atoms with E-state index in [9.17, 15) is 9.59 Å². The number of thiophene rings is 1. The first-order valence-electron chi connectivity index (χ1n) is 12.8. The van der Waals surface area contributed by atoms with E-state index in [1.807, 2.05) is 29.5 Å². The first kappa shape index (κ1) is 25.4. The van der Waals surface area contributed by atoms with E-state index in [2.05, 4.69) is 46.7 Å². The zero-order valence-corrected chi connectivity index (χ0v) is 22.5. The number of rotatable bonds is 8. The fraction of sp³-hybridized carbons (Fsp3) is 0.379. The predicted molar refractivity (Wildman–Crippen MR) is 151 cm³/mol. The highest BCUT2D eigenvalue weighted by atomic mass is 32.1. The molecule has 2 aromatic carbocycles. The number of ether oxygens (including phenoxy) is 1. The number of carbonyl (C=O) groups excluding carboxylic acids is 1. The minimum atomic E-state index is -0.264. The van der Waals surface area contributed by atoms with E-state index in [1.165, 1.54) is 26.6 Å². The molecule has 1 saturated heterocycles. The van der Waals surface area contributed by atoms with Gasteiger partial charge in [0.1, 0.15) is 5.75 Å². The number of likely N-dealkylation sites (tertiary alicyclic amines) is 1. The van der Waals surface area contributed by atoms with Gasteiger partial charge in [0.15, 0.2) is 0 Å². The van der Waals surface area contributed by atoms with Crippen LogP contribution in [0.3, 0.4) is 0 Å². The van der Waals surface area contributed by atoms with Crippen molar-refractivity contribution in [1.29, 1.82) is 0 Å². The molecule has 1 fully saturated rings. The van der Waals surface area contributed by atoms with Crippen LogP contribution in [0.25, 0.3) is 21.0 Å². The Hall–Kier alpha value is -3.20. The Morgan fingerprint density at radius 1 is 1.08 bits per heavy atom. The lowest BCUT2D eigenvalue weighted by Crippen LogP contribution is -2.43. The molecule has 8 heteroatoms. The number of piperidine rings is 1. The summed E-state index contributed by atoms with van der Waals surface area (Å²) in [5.74, 6) is 0.398. The predicted octanol–water partition coefficient (Wildman–Crippen LogP) is 4.15. The molecule has 194 valence electrons. The molecule has 2 N–H and O–H groups in total. The number of aromatic nitrogens is 1. The van der Waals surface area contributed by atoms with Crippen molar-refractivity contribution >= 4 is 38.2 Å². The number of nitrogens with one attached hydrogen (secondary N) is 2. The summed E-state index contributed by atoms with van der Waals surface area (Å²) < 4.78 is 8.52. The van der Waals surface area contributed by atoms with Crippen LogP contribution in [0.2, 0.25) is 0 Å². The number of benzene rings is 2. The summed E-state index contributed by atoms with van der Waals surface area (Å²) in [4.78, 5) is 29.3. The van der Waals surface area contributed by atoms with Crippen LogP contribution in [-0.4, -0.2) is 55.2 Å². The van der Waals surface area contributed by atoms with Crippen LogP contribution < -0.4 is 20.9 Å². The number of nitrogens with zero attached hydrogens (tertiary/aromatic N) is 2. The topological polar surface area (TPSA) is 75.6 Å². The third kappa shape index (κ3) is 5.28. The van der Waals surface area contributed by atoms with E-state index in [-0.39, 0.29) is 11.5 Å². The average molecular weight is 519 g/mol. The van der Waals surface area contributed by atoms with Crippen LogP contribution in [0.5, 0.6) is 5.75 Å². The van der Waals surface area contributed by atoms with Crippen molar-refractivity contribution in [1.82, 2.24) is 20.1 Å². The maximum absolute atomic E-state index is 13.0. The van der Waals surface area contributed by atoms with Gasteiger partial charge in [0.05, 0.1) is 18.2 Å². The summed E-state index contributed by atoms with van der Waals surface area (Å²) in [7, 11) is 3.18. The molecule has 0 saturated carbocycles. The van der Waals surface area contributed by atoms with Gasteiger partial charge >= 0.3 is 0 Å². The van der Waals surface area contributed by atoms with Gasteiger partial charge in [0, 0.05) is 59.8 Å². The number of amides is 1. The van der Waals surface area contributed by atoms with Crippen molar-refractivity contribution in [3.05, 3.63) is 74.9 Å². The third-order valence-corrected chi connectivity index (χ3v) is 8.79. The first-order chi connectivity index (χ1) is 18.0. The molecule has 1 aliphatic heterocycles. The molecule has 1 aliphatic rings. The van der Waals surface area contributed by atoms with E-state index in [1.54, 1.807) is 18.7 Å². The first-order valence-corrected chi connectivity index (χ1v) is 13.7. The summed E-state index contributed by atoms with van der Waals surface area (Å²) >= 11 is 1.89. The summed E-state index contributed by atoms with van der Waals surface area (Å²) in [5.41, 5.74) is 2.33. The number of methoxy groups -OCH3 is 1. The molecule has 0 bridgehead atoms.